The Hall–Kier alpha value is -2.38. The third-order valence-corrected chi connectivity index (χ3v) is 10.5. The van der Waals surface area contributed by atoms with Gasteiger partial charge in [-0.2, -0.15) is 0 Å². The number of fused-ring (bicyclic) bond motifs is 3. The van der Waals surface area contributed by atoms with Gasteiger partial charge in [0.2, 0.25) is 0 Å². The maximum atomic E-state index is 14.1. The van der Waals surface area contributed by atoms with E-state index >= 15 is 0 Å². The number of hydrogen-bond donors (Lipinski definition) is 2. The van der Waals surface area contributed by atoms with Crippen LogP contribution < -0.4 is 0 Å². The van der Waals surface area contributed by atoms with Crippen LogP contribution in [0.3, 0.4) is 0 Å². The second kappa shape index (κ2) is 11.8. The second-order valence-corrected chi connectivity index (χ2v) is 14.4. The standard InChI is InChI=1S/C32H49NO11/c1-10-29(7)13-22(36)32(39)30(8)21(35)11-12-28(5,6)26(30)25(27(42-20(4)34)31(32,9)44-29)43-24(38)17-40-23(37)16-33-14-18(2)41-19(3)15-33/h10,18-19,21,25-27,35,39H,1,11-17H2,2-9H3/t18?,19?,21-,25-,26-,27-,29-,30-,31+,32-/m0/s1. The lowest BCUT2D eigenvalue weighted by atomic mass is 9.39. The maximum Gasteiger partial charge on any atom is 0.344 e. The Balaban J connectivity index is 1.69. The fourth-order valence-electron chi connectivity index (χ4n) is 8.71. The van der Waals surface area contributed by atoms with E-state index in [1.54, 1.807) is 13.8 Å². The van der Waals surface area contributed by atoms with Gasteiger partial charge in [-0.3, -0.25) is 19.3 Å². The van der Waals surface area contributed by atoms with Crippen LogP contribution in [-0.4, -0.2) is 112 Å². The molecule has 2 unspecified atom stereocenters. The quantitative estimate of drug-likeness (QED) is 0.241. The van der Waals surface area contributed by atoms with Crippen molar-refractivity contribution in [2.24, 2.45) is 16.7 Å². The van der Waals surface area contributed by atoms with Crippen molar-refractivity contribution in [3.63, 3.8) is 0 Å². The third kappa shape index (κ3) is 5.61. The number of Topliss-reactive ketones (excluding diaryl/α,β-unsaturated/α-hetero) is 1. The molecule has 2 heterocycles. The van der Waals surface area contributed by atoms with E-state index in [-0.39, 0.29) is 31.6 Å². The van der Waals surface area contributed by atoms with Gasteiger partial charge in [0.1, 0.15) is 11.7 Å². The highest BCUT2D eigenvalue weighted by molar-refractivity contribution is 5.92. The molecule has 0 amide bonds. The van der Waals surface area contributed by atoms with Gasteiger partial charge in [0, 0.05) is 37.8 Å². The van der Waals surface area contributed by atoms with Gasteiger partial charge < -0.3 is 33.9 Å². The first kappa shape index (κ1) is 34.5. The highest BCUT2D eigenvalue weighted by Crippen LogP contribution is 2.67. The van der Waals surface area contributed by atoms with Crippen LogP contribution in [0.25, 0.3) is 0 Å². The van der Waals surface area contributed by atoms with Gasteiger partial charge in [-0.1, -0.05) is 26.8 Å². The van der Waals surface area contributed by atoms with Crippen LogP contribution in [0.15, 0.2) is 12.7 Å². The molecule has 2 saturated heterocycles. The Morgan fingerprint density at radius 2 is 1.68 bits per heavy atom. The van der Waals surface area contributed by atoms with Crippen molar-refractivity contribution in [3.8, 4) is 0 Å². The minimum Gasteiger partial charge on any atom is -0.455 e. The van der Waals surface area contributed by atoms with E-state index in [0.717, 1.165) is 0 Å². The van der Waals surface area contributed by atoms with Crippen molar-refractivity contribution in [2.75, 3.05) is 26.2 Å². The molecule has 2 saturated carbocycles. The lowest BCUT2D eigenvalue weighted by molar-refractivity contribution is -0.371. The van der Waals surface area contributed by atoms with E-state index in [2.05, 4.69) is 6.58 Å². The van der Waals surface area contributed by atoms with Crippen molar-refractivity contribution in [1.29, 1.82) is 0 Å². The average Bonchev–Trinajstić information content (AvgIpc) is 2.89. The van der Waals surface area contributed by atoms with Gasteiger partial charge in [0.05, 0.1) is 30.5 Å². The molecular formula is C32H49NO11. The van der Waals surface area contributed by atoms with Crippen molar-refractivity contribution in [3.05, 3.63) is 12.7 Å². The number of nitrogens with zero attached hydrogens (tertiary/aromatic N) is 1. The summed E-state index contributed by atoms with van der Waals surface area (Å²) in [6.45, 7) is 17.6. The molecule has 0 bridgehead atoms. The number of ketones is 1. The zero-order valence-corrected chi connectivity index (χ0v) is 27.2. The largest absolute Gasteiger partial charge is 0.455 e. The molecule has 12 nitrogen and oxygen atoms in total. The summed E-state index contributed by atoms with van der Waals surface area (Å²) < 4.78 is 29.3. The topological polar surface area (TPSA) is 158 Å². The summed E-state index contributed by atoms with van der Waals surface area (Å²) in [5.41, 5.74) is -7.87. The van der Waals surface area contributed by atoms with Crippen LogP contribution in [0.2, 0.25) is 0 Å². The number of esters is 3. The van der Waals surface area contributed by atoms with Gasteiger partial charge >= 0.3 is 17.9 Å². The monoisotopic (exact) mass is 623 g/mol. The van der Waals surface area contributed by atoms with E-state index in [4.69, 9.17) is 23.7 Å². The Morgan fingerprint density at radius 3 is 2.25 bits per heavy atom. The molecule has 44 heavy (non-hydrogen) atoms. The molecule has 2 aliphatic carbocycles. The molecule has 4 fully saturated rings. The molecule has 248 valence electrons. The summed E-state index contributed by atoms with van der Waals surface area (Å²) in [4.78, 5) is 54.6. The predicted molar refractivity (Wildman–Crippen MR) is 156 cm³/mol. The van der Waals surface area contributed by atoms with Crippen molar-refractivity contribution >= 4 is 23.7 Å². The molecule has 2 aliphatic heterocycles. The number of carbonyl (C=O) groups is 4. The lowest BCUT2D eigenvalue weighted by Gasteiger charge is -2.71. The van der Waals surface area contributed by atoms with E-state index in [1.165, 1.54) is 19.9 Å². The number of carbonyl (C=O) groups excluding carboxylic acids is 4. The normalized spacial score (nSPS) is 43.6. The number of aliphatic hydroxyl groups excluding tert-OH is 1. The maximum absolute atomic E-state index is 14.1. The summed E-state index contributed by atoms with van der Waals surface area (Å²) in [6, 6.07) is 0. The van der Waals surface area contributed by atoms with Crippen LogP contribution in [0, 0.1) is 16.7 Å². The van der Waals surface area contributed by atoms with Crippen LogP contribution in [0.1, 0.15) is 74.7 Å². The SMILES string of the molecule is C=C[C@@]1(C)CC(=O)[C@]2(O)[C@@]3(C)[C@@H](O)CCC(C)(C)[C@@H]3[C@H](OC(=O)COC(=O)CN3CC(C)OC(C)C3)[C@H](OC(C)=O)[C@@]2(C)O1. The van der Waals surface area contributed by atoms with Crippen LogP contribution in [-0.2, 0) is 42.9 Å². The van der Waals surface area contributed by atoms with E-state index < -0.39 is 82.2 Å². The zero-order valence-electron chi connectivity index (χ0n) is 27.2. The first-order chi connectivity index (χ1) is 20.2. The minimum atomic E-state index is -2.34. The number of hydrogen-bond acceptors (Lipinski definition) is 12. The number of ether oxygens (including phenoxy) is 5. The van der Waals surface area contributed by atoms with Gasteiger partial charge in [0.15, 0.2) is 24.1 Å². The summed E-state index contributed by atoms with van der Waals surface area (Å²) in [5, 5.41) is 24.2. The minimum absolute atomic E-state index is 0.0358. The lowest BCUT2D eigenvalue weighted by Crippen LogP contribution is -2.87. The number of aliphatic hydroxyl groups is 2. The Labute approximate surface area is 259 Å². The van der Waals surface area contributed by atoms with E-state index in [9.17, 15) is 29.4 Å². The first-order valence-corrected chi connectivity index (χ1v) is 15.4. The highest BCUT2D eigenvalue weighted by atomic mass is 16.6. The van der Waals surface area contributed by atoms with E-state index in [1.807, 2.05) is 32.6 Å². The molecule has 0 aromatic carbocycles. The molecule has 2 N–H and O–H groups in total. The zero-order chi connectivity index (χ0) is 33.0. The number of rotatable bonds is 7. The number of morpholine rings is 1. The molecule has 0 spiro atoms. The molecular weight excluding hydrogens is 574 g/mol. The molecule has 0 radical (unpaired) electrons. The summed E-state index contributed by atoms with van der Waals surface area (Å²) in [6.07, 6.45) is -2.12. The molecule has 4 rings (SSSR count). The van der Waals surface area contributed by atoms with Gasteiger partial charge in [0.25, 0.3) is 0 Å². The van der Waals surface area contributed by atoms with Crippen LogP contribution in [0.5, 0.6) is 0 Å². The fourth-order valence-corrected chi connectivity index (χ4v) is 8.71. The van der Waals surface area contributed by atoms with Gasteiger partial charge in [-0.05, 0) is 46.0 Å². The summed E-state index contributed by atoms with van der Waals surface area (Å²) >= 11 is 0. The average molecular weight is 624 g/mol. The second-order valence-electron chi connectivity index (χ2n) is 14.4. The highest BCUT2D eigenvalue weighted by Gasteiger charge is 2.82. The Bertz CT molecular complexity index is 1180. The van der Waals surface area contributed by atoms with Crippen LogP contribution in [0.4, 0.5) is 0 Å². The molecule has 0 aromatic heterocycles. The third-order valence-electron chi connectivity index (χ3n) is 10.5. The Morgan fingerprint density at radius 1 is 1.07 bits per heavy atom. The molecule has 4 aliphatic rings. The van der Waals surface area contributed by atoms with E-state index in [0.29, 0.717) is 19.5 Å². The Kier molecular flexibility index (Phi) is 9.22. The first-order valence-electron chi connectivity index (χ1n) is 15.4. The van der Waals surface area contributed by atoms with Crippen molar-refractivity contribution < 1.29 is 53.1 Å². The molecule has 12 heteroatoms. The predicted octanol–water partition coefficient (Wildman–Crippen LogP) is 1.72. The summed E-state index contributed by atoms with van der Waals surface area (Å²) in [5.74, 6) is -3.76. The van der Waals surface area contributed by atoms with Crippen molar-refractivity contribution in [2.45, 2.75) is 122 Å². The fraction of sp³-hybridized carbons (Fsp3) is 0.812. The molecule has 0 aromatic rings. The van der Waals surface area contributed by atoms with Crippen LogP contribution >= 0.6 is 0 Å². The van der Waals surface area contributed by atoms with Crippen molar-refractivity contribution in [1.82, 2.24) is 4.90 Å². The summed E-state index contributed by atoms with van der Waals surface area (Å²) in [7, 11) is 0. The van der Waals surface area contributed by atoms with Gasteiger partial charge in [-0.25, -0.2) is 4.79 Å². The van der Waals surface area contributed by atoms with Gasteiger partial charge in [-0.15, -0.1) is 6.58 Å². The molecule has 10 atom stereocenters. The smallest absolute Gasteiger partial charge is 0.344 e.